The molecule has 1 aromatic rings. The van der Waals surface area contributed by atoms with E-state index in [-0.39, 0.29) is 10.7 Å². The van der Waals surface area contributed by atoms with Crippen LogP contribution in [0.3, 0.4) is 0 Å². The van der Waals surface area contributed by atoms with Crippen molar-refractivity contribution in [2.45, 2.75) is 30.7 Å². The third-order valence-electron chi connectivity index (χ3n) is 2.00. The number of aromatic nitrogens is 2. The van der Waals surface area contributed by atoms with Crippen molar-refractivity contribution in [2.24, 2.45) is 0 Å². The molecule has 0 saturated carbocycles. The van der Waals surface area contributed by atoms with E-state index in [1.54, 1.807) is 0 Å². The van der Waals surface area contributed by atoms with Crippen LogP contribution >= 0.6 is 0 Å². The molecule has 0 fully saturated rings. The summed E-state index contributed by atoms with van der Waals surface area (Å²) in [6.07, 6.45) is 7.74. The summed E-state index contributed by atoms with van der Waals surface area (Å²) in [6.45, 7) is 1.92. The van der Waals surface area contributed by atoms with Crippen LogP contribution in [0.25, 0.3) is 0 Å². The van der Waals surface area contributed by atoms with E-state index in [0.717, 1.165) is 12.6 Å². The van der Waals surface area contributed by atoms with Crippen molar-refractivity contribution in [2.75, 3.05) is 5.73 Å². The summed E-state index contributed by atoms with van der Waals surface area (Å²) in [5, 5.41) is 5.90. The van der Waals surface area contributed by atoms with Crippen molar-refractivity contribution < 1.29 is 8.42 Å². The lowest BCUT2D eigenvalue weighted by atomic mass is 10.2. The lowest BCUT2D eigenvalue weighted by molar-refractivity contribution is 0.565. The Morgan fingerprint density at radius 1 is 1.75 bits per heavy atom. The molecule has 16 heavy (non-hydrogen) atoms. The summed E-state index contributed by atoms with van der Waals surface area (Å²) in [5.41, 5.74) is 5.43. The Bertz CT molecular complexity index is 486. The van der Waals surface area contributed by atoms with Gasteiger partial charge in [0.1, 0.15) is 10.7 Å². The number of sulfonamides is 1. The summed E-state index contributed by atoms with van der Waals surface area (Å²) < 4.78 is 26.0. The first-order chi connectivity index (χ1) is 7.51. The zero-order chi connectivity index (χ0) is 12.2. The molecule has 0 aliphatic heterocycles. The van der Waals surface area contributed by atoms with E-state index < -0.39 is 16.1 Å². The maximum Gasteiger partial charge on any atom is 0.246 e. The Kier molecular flexibility index (Phi) is 3.93. The number of hydrogen-bond acceptors (Lipinski definition) is 4. The van der Waals surface area contributed by atoms with Gasteiger partial charge < -0.3 is 5.73 Å². The lowest BCUT2D eigenvalue weighted by Crippen LogP contribution is -2.33. The van der Waals surface area contributed by atoms with E-state index in [4.69, 9.17) is 12.2 Å². The van der Waals surface area contributed by atoms with E-state index in [1.165, 1.54) is 0 Å². The number of rotatable bonds is 5. The number of anilines is 1. The molecular formula is C9H14N4O2S. The molecule has 0 radical (unpaired) electrons. The first-order valence-corrected chi connectivity index (χ1v) is 6.27. The van der Waals surface area contributed by atoms with Crippen LogP contribution in [0, 0.1) is 12.3 Å². The molecule has 0 aliphatic carbocycles. The zero-order valence-electron chi connectivity index (χ0n) is 8.90. The Morgan fingerprint density at radius 3 is 2.88 bits per heavy atom. The predicted octanol–water partition coefficient (Wildman–Crippen LogP) is 0.0721. The maximum atomic E-state index is 11.8. The molecule has 6 nitrogen and oxygen atoms in total. The van der Waals surface area contributed by atoms with Crippen LogP contribution in [0.15, 0.2) is 11.1 Å². The van der Waals surface area contributed by atoms with Gasteiger partial charge in [0.05, 0.1) is 12.2 Å². The monoisotopic (exact) mass is 242 g/mol. The second-order valence-corrected chi connectivity index (χ2v) is 4.96. The molecule has 0 bridgehead atoms. The fourth-order valence-corrected chi connectivity index (χ4v) is 2.43. The molecule has 1 aromatic heterocycles. The summed E-state index contributed by atoms with van der Waals surface area (Å²) in [4.78, 5) is -0.0798. The van der Waals surface area contributed by atoms with Gasteiger partial charge in [0, 0.05) is 0 Å². The standard InChI is InChI=1S/C9H14N4O2S/c1-3-5-7(4-2)13-16(14,15)8-6-11-12-9(8)10/h2,6-7,13H,3,5H2,1H3,(H3,10,11,12). The van der Waals surface area contributed by atoms with Gasteiger partial charge in [-0.25, -0.2) is 8.42 Å². The average Bonchev–Trinajstić information content (AvgIpc) is 2.64. The minimum Gasteiger partial charge on any atom is -0.383 e. The summed E-state index contributed by atoms with van der Waals surface area (Å²) >= 11 is 0. The number of terminal acetylenes is 1. The number of nitrogens with zero attached hydrogens (tertiary/aromatic N) is 1. The minimum absolute atomic E-state index is 0.000213. The van der Waals surface area contributed by atoms with Crippen molar-refractivity contribution >= 4 is 15.8 Å². The SMILES string of the molecule is C#CC(CCC)NS(=O)(=O)c1cn[nH]c1N. The molecular weight excluding hydrogens is 228 g/mol. The number of aromatic amines is 1. The van der Waals surface area contributed by atoms with Gasteiger partial charge in [0.2, 0.25) is 10.0 Å². The van der Waals surface area contributed by atoms with Gasteiger partial charge in [-0.1, -0.05) is 19.3 Å². The average molecular weight is 242 g/mol. The summed E-state index contributed by atoms with van der Waals surface area (Å²) in [7, 11) is -3.69. The van der Waals surface area contributed by atoms with Crippen molar-refractivity contribution in [3.63, 3.8) is 0 Å². The highest BCUT2D eigenvalue weighted by atomic mass is 32.2. The topological polar surface area (TPSA) is 101 Å². The Hall–Kier alpha value is -1.52. The van der Waals surface area contributed by atoms with Gasteiger partial charge in [-0.3, -0.25) is 5.10 Å². The maximum absolute atomic E-state index is 11.8. The number of hydrogen-bond donors (Lipinski definition) is 3. The normalized spacial score (nSPS) is 13.2. The predicted molar refractivity (Wildman–Crippen MR) is 60.9 cm³/mol. The van der Waals surface area contributed by atoms with E-state index >= 15 is 0 Å². The molecule has 1 unspecified atom stereocenters. The van der Waals surface area contributed by atoms with E-state index in [1.807, 2.05) is 6.92 Å². The highest BCUT2D eigenvalue weighted by Gasteiger charge is 2.22. The van der Waals surface area contributed by atoms with Crippen molar-refractivity contribution in [1.82, 2.24) is 14.9 Å². The molecule has 0 saturated heterocycles. The molecule has 88 valence electrons. The third kappa shape index (κ3) is 2.74. The summed E-state index contributed by atoms with van der Waals surface area (Å²) in [6, 6.07) is -0.524. The molecule has 0 aliphatic rings. The highest BCUT2D eigenvalue weighted by Crippen LogP contribution is 2.14. The fourth-order valence-electron chi connectivity index (χ4n) is 1.21. The van der Waals surface area contributed by atoms with Crippen LogP contribution in [-0.4, -0.2) is 24.7 Å². The number of nitrogens with two attached hydrogens (primary N) is 1. The van der Waals surface area contributed by atoms with Crippen molar-refractivity contribution in [3.05, 3.63) is 6.20 Å². The van der Waals surface area contributed by atoms with Crippen molar-refractivity contribution in [1.29, 1.82) is 0 Å². The van der Waals surface area contributed by atoms with Crippen LogP contribution in [0.1, 0.15) is 19.8 Å². The zero-order valence-corrected chi connectivity index (χ0v) is 9.71. The summed E-state index contributed by atoms with van der Waals surface area (Å²) in [5.74, 6) is 2.38. The van der Waals surface area contributed by atoms with E-state index in [2.05, 4.69) is 20.8 Å². The second kappa shape index (κ2) is 5.01. The van der Waals surface area contributed by atoms with Gasteiger partial charge in [0.15, 0.2) is 0 Å². The fraction of sp³-hybridized carbons (Fsp3) is 0.444. The quantitative estimate of drug-likeness (QED) is 0.636. The molecule has 0 amide bonds. The van der Waals surface area contributed by atoms with Gasteiger partial charge in [-0.05, 0) is 6.42 Å². The van der Waals surface area contributed by atoms with Crippen LogP contribution < -0.4 is 10.5 Å². The molecule has 0 aromatic carbocycles. The van der Waals surface area contributed by atoms with Gasteiger partial charge >= 0.3 is 0 Å². The third-order valence-corrected chi connectivity index (χ3v) is 3.50. The van der Waals surface area contributed by atoms with Crippen LogP contribution in [0.5, 0.6) is 0 Å². The number of H-pyrrole nitrogens is 1. The van der Waals surface area contributed by atoms with Crippen LogP contribution in [0.2, 0.25) is 0 Å². The van der Waals surface area contributed by atoms with E-state index in [0.29, 0.717) is 6.42 Å². The lowest BCUT2D eigenvalue weighted by Gasteiger charge is -2.11. The van der Waals surface area contributed by atoms with Gasteiger partial charge in [0.25, 0.3) is 0 Å². The Morgan fingerprint density at radius 2 is 2.44 bits per heavy atom. The molecule has 0 spiro atoms. The highest BCUT2D eigenvalue weighted by molar-refractivity contribution is 7.89. The molecule has 1 heterocycles. The van der Waals surface area contributed by atoms with Crippen LogP contribution in [0.4, 0.5) is 5.82 Å². The number of nitrogens with one attached hydrogen (secondary N) is 2. The van der Waals surface area contributed by atoms with Crippen LogP contribution in [-0.2, 0) is 10.0 Å². The largest absolute Gasteiger partial charge is 0.383 e. The first kappa shape index (κ1) is 12.5. The van der Waals surface area contributed by atoms with Gasteiger partial charge in [-0.2, -0.15) is 9.82 Å². The Labute approximate surface area is 94.7 Å². The van der Waals surface area contributed by atoms with Gasteiger partial charge in [-0.15, -0.1) is 6.42 Å². The second-order valence-electron chi connectivity index (χ2n) is 3.28. The first-order valence-electron chi connectivity index (χ1n) is 4.78. The smallest absolute Gasteiger partial charge is 0.246 e. The molecule has 7 heteroatoms. The molecule has 1 rings (SSSR count). The minimum atomic E-state index is -3.69. The molecule has 4 N–H and O–H groups in total. The molecule has 1 atom stereocenters. The van der Waals surface area contributed by atoms with Crippen molar-refractivity contribution in [3.8, 4) is 12.3 Å². The van der Waals surface area contributed by atoms with E-state index in [9.17, 15) is 8.42 Å². The number of nitrogen functional groups attached to an aromatic ring is 1. The Balaban J connectivity index is 2.89.